The van der Waals surface area contributed by atoms with Crippen LogP contribution in [0.5, 0.6) is 0 Å². The number of aliphatic hydroxyl groups is 1. The van der Waals surface area contributed by atoms with Crippen LogP contribution >= 0.6 is 0 Å². The van der Waals surface area contributed by atoms with E-state index >= 15 is 0 Å². The number of rotatable bonds is 8. The molecule has 5 heterocycles. The Morgan fingerprint density at radius 1 is 1.09 bits per heavy atom. The van der Waals surface area contributed by atoms with E-state index in [1.807, 2.05) is 25.3 Å². The molecule has 234 valence electrons. The van der Waals surface area contributed by atoms with Gasteiger partial charge in [0.25, 0.3) is 0 Å². The standard InChI is InChI=1S/C32H41N7O4S/c1-6-29(40)38-17-21(18-38)23-7-8-26(39-19-22(31(39,2)3)20-44(5,42)43)25-16-34-28(15-24(23)25)35-27-9-12-33-30(36-27)37-13-10-32(4,41)11-14-37/h6-9,12,15-16,21-22,41H,1,10-11,13-14,17-20H2,2-5H3,(H,33,34,35,36)/t22-/m1/s1. The summed E-state index contributed by atoms with van der Waals surface area (Å²) in [7, 11) is -3.09. The van der Waals surface area contributed by atoms with Gasteiger partial charge < -0.3 is 25.1 Å². The third-order valence-electron chi connectivity index (χ3n) is 9.63. The first kappa shape index (κ1) is 30.3. The first-order valence-electron chi connectivity index (χ1n) is 15.1. The monoisotopic (exact) mass is 619 g/mol. The van der Waals surface area contributed by atoms with E-state index in [9.17, 15) is 18.3 Å². The van der Waals surface area contributed by atoms with Crippen LogP contribution in [-0.4, -0.2) is 95.2 Å². The van der Waals surface area contributed by atoms with Gasteiger partial charge >= 0.3 is 0 Å². The summed E-state index contributed by atoms with van der Waals surface area (Å²) in [5, 5.41) is 15.7. The summed E-state index contributed by atoms with van der Waals surface area (Å²) in [6.07, 6.45) is 7.56. The number of nitrogens with one attached hydrogen (secondary N) is 1. The van der Waals surface area contributed by atoms with E-state index in [4.69, 9.17) is 9.97 Å². The number of fused-ring (bicyclic) bond motifs is 1. The maximum atomic E-state index is 12.2. The van der Waals surface area contributed by atoms with Crippen LogP contribution in [-0.2, 0) is 14.6 Å². The highest BCUT2D eigenvalue weighted by Crippen LogP contribution is 2.45. The van der Waals surface area contributed by atoms with Gasteiger partial charge in [0.1, 0.15) is 21.5 Å². The zero-order valence-corrected chi connectivity index (χ0v) is 26.6. The Labute approximate surface area is 258 Å². The molecule has 11 nitrogen and oxygen atoms in total. The predicted octanol–water partition coefficient (Wildman–Crippen LogP) is 3.49. The van der Waals surface area contributed by atoms with E-state index in [-0.39, 0.29) is 29.0 Å². The Hall–Kier alpha value is -3.77. The average molecular weight is 620 g/mol. The summed E-state index contributed by atoms with van der Waals surface area (Å²) < 4.78 is 24.1. The molecule has 0 aliphatic carbocycles. The number of hydrogen-bond donors (Lipinski definition) is 2. The van der Waals surface area contributed by atoms with Crippen LogP contribution in [0.25, 0.3) is 10.8 Å². The Bertz CT molecular complexity index is 1710. The van der Waals surface area contributed by atoms with E-state index in [1.165, 1.54) is 12.3 Å². The smallest absolute Gasteiger partial charge is 0.245 e. The molecular formula is C32H41N7O4S. The number of benzene rings is 1. The van der Waals surface area contributed by atoms with Crippen LogP contribution in [0.3, 0.4) is 0 Å². The number of hydrogen-bond acceptors (Lipinski definition) is 10. The summed E-state index contributed by atoms with van der Waals surface area (Å²) in [5.41, 5.74) is 1.16. The molecule has 1 amide bonds. The lowest BCUT2D eigenvalue weighted by atomic mass is 9.77. The highest BCUT2D eigenvalue weighted by molar-refractivity contribution is 7.90. The van der Waals surface area contributed by atoms with Crippen molar-refractivity contribution in [3.63, 3.8) is 0 Å². The maximum Gasteiger partial charge on any atom is 0.245 e. The average Bonchev–Trinajstić information content (AvgIpc) is 2.94. The Balaban J connectivity index is 1.31. The summed E-state index contributed by atoms with van der Waals surface area (Å²) in [4.78, 5) is 32.3. The van der Waals surface area contributed by atoms with Crippen molar-refractivity contribution in [3.05, 3.63) is 54.9 Å². The topological polar surface area (TPSA) is 132 Å². The van der Waals surface area contributed by atoms with Gasteiger partial charge in [0, 0.05) is 79.8 Å². The highest BCUT2D eigenvalue weighted by Gasteiger charge is 2.48. The molecule has 2 N–H and O–H groups in total. The maximum absolute atomic E-state index is 12.2. The molecule has 3 saturated heterocycles. The van der Waals surface area contributed by atoms with Crippen molar-refractivity contribution in [2.45, 2.75) is 50.7 Å². The molecule has 0 radical (unpaired) electrons. The van der Waals surface area contributed by atoms with Gasteiger partial charge in [-0.3, -0.25) is 4.79 Å². The third kappa shape index (κ3) is 5.84. The number of carbonyl (C=O) groups excluding carboxylic acids is 1. The van der Waals surface area contributed by atoms with Gasteiger partial charge in [0.05, 0.1) is 11.4 Å². The quantitative estimate of drug-likeness (QED) is 0.361. The van der Waals surface area contributed by atoms with E-state index in [0.29, 0.717) is 63.1 Å². The molecule has 3 aliphatic rings. The van der Waals surface area contributed by atoms with E-state index in [2.05, 4.69) is 52.7 Å². The van der Waals surface area contributed by atoms with Gasteiger partial charge in [-0.1, -0.05) is 12.6 Å². The van der Waals surface area contributed by atoms with Crippen LogP contribution in [0.2, 0.25) is 0 Å². The summed E-state index contributed by atoms with van der Waals surface area (Å²) in [6.45, 7) is 12.9. The summed E-state index contributed by atoms with van der Waals surface area (Å²) in [6, 6.07) is 8.08. The molecule has 12 heteroatoms. The zero-order valence-electron chi connectivity index (χ0n) is 25.8. The van der Waals surface area contributed by atoms with Gasteiger partial charge in [0.15, 0.2) is 0 Å². The van der Waals surface area contributed by atoms with Crippen LogP contribution in [0, 0.1) is 5.92 Å². The fourth-order valence-corrected chi connectivity index (χ4v) is 7.84. The fraction of sp³-hybridized carbons (Fsp3) is 0.500. The van der Waals surface area contributed by atoms with E-state index in [0.717, 1.165) is 22.0 Å². The van der Waals surface area contributed by atoms with Crippen molar-refractivity contribution >= 4 is 49.8 Å². The molecule has 0 spiro atoms. The highest BCUT2D eigenvalue weighted by atomic mass is 32.2. The van der Waals surface area contributed by atoms with Gasteiger partial charge in [0.2, 0.25) is 11.9 Å². The van der Waals surface area contributed by atoms with Crippen molar-refractivity contribution in [1.29, 1.82) is 0 Å². The predicted molar refractivity (Wildman–Crippen MR) is 173 cm³/mol. The van der Waals surface area contributed by atoms with Gasteiger partial charge in [-0.25, -0.2) is 18.4 Å². The second-order valence-corrected chi connectivity index (χ2v) is 15.5. The number of sulfone groups is 1. The summed E-state index contributed by atoms with van der Waals surface area (Å²) >= 11 is 0. The number of likely N-dealkylation sites (tertiary alicyclic amines) is 1. The van der Waals surface area contributed by atoms with Gasteiger partial charge in [-0.05, 0) is 68.8 Å². The fourth-order valence-electron chi connectivity index (χ4n) is 6.60. The van der Waals surface area contributed by atoms with Crippen molar-refractivity contribution in [1.82, 2.24) is 19.9 Å². The van der Waals surface area contributed by atoms with Crippen molar-refractivity contribution < 1.29 is 18.3 Å². The van der Waals surface area contributed by atoms with Crippen molar-refractivity contribution in [3.8, 4) is 0 Å². The SMILES string of the molecule is C=CC(=O)N1CC(c2ccc(N3C[C@H](CS(C)(=O)=O)C3(C)C)c3cnc(Nc4ccnc(N5CCC(C)(O)CC5)n4)cc23)C1. The molecule has 0 bridgehead atoms. The number of nitrogens with zero attached hydrogens (tertiary/aromatic N) is 6. The molecule has 3 fully saturated rings. The number of piperidine rings is 1. The lowest BCUT2D eigenvalue weighted by Crippen LogP contribution is -2.66. The molecule has 3 aliphatic heterocycles. The molecule has 1 aromatic carbocycles. The third-order valence-corrected chi connectivity index (χ3v) is 10.6. The Kier molecular flexibility index (Phi) is 7.56. The van der Waals surface area contributed by atoms with Crippen LogP contribution < -0.4 is 15.1 Å². The molecule has 0 unspecified atom stereocenters. The molecule has 3 aromatic rings. The van der Waals surface area contributed by atoms with E-state index in [1.54, 1.807) is 11.1 Å². The summed E-state index contributed by atoms with van der Waals surface area (Å²) in [5.74, 6) is 2.17. The Morgan fingerprint density at radius 3 is 2.48 bits per heavy atom. The lowest BCUT2D eigenvalue weighted by Gasteiger charge is -2.57. The Morgan fingerprint density at radius 2 is 1.82 bits per heavy atom. The molecule has 2 aromatic heterocycles. The minimum Gasteiger partial charge on any atom is -0.390 e. The molecule has 6 rings (SSSR count). The number of pyridine rings is 1. The normalized spacial score (nSPS) is 21.5. The molecular weight excluding hydrogens is 578 g/mol. The second kappa shape index (κ2) is 11.0. The zero-order chi connectivity index (χ0) is 31.4. The number of amides is 1. The molecule has 44 heavy (non-hydrogen) atoms. The van der Waals surface area contributed by atoms with Crippen LogP contribution in [0.15, 0.2) is 49.3 Å². The van der Waals surface area contributed by atoms with Crippen molar-refractivity contribution in [2.24, 2.45) is 5.92 Å². The molecule has 0 saturated carbocycles. The lowest BCUT2D eigenvalue weighted by molar-refractivity contribution is -0.130. The second-order valence-electron chi connectivity index (χ2n) is 13.3. The van der Waals surface area contributed by atoms with Crippen LogP contribution in [0.4, 0.5) is 23.3 Å². The van der Waals surface area contributed by atoms with Gasteiger partial charge in [-0.2, -0.15) is 4.98 Å². The molecule has 1 atom stereocenters. The minimum absolute atomic E-state index is 0.0317. The largest absolute Gasteiger partial charge is 0.390 e. The van der Waals surface area contributed by atoms with Crippen molar-refractivity contribution in [2.75, 3.05) is 59.8 Å². The number of carbonyl (C=O) groups is 1. The minimum atomic E-state index is -3.09. The van der Waals surface area contributed by atoms with Crippen LogP contribution in [0.1, 0.15) is 45.1 Å². The van der Waals surface area contributed by atoms with E-state index < -0.39 is 15.4 Å². The van der Waals surface area contributed by atoms with Gasteiger partial charge in [-0.15, -0.1) is 0 Å². The number of aromatic nitrogens is 3. The first-order valence-corrected chi connectivity index (χ1v) is 17.2. The number of anilines is 4. The first-order chi connectivity index (χ1) is 20.7.